The molecule has 0 atom stereocenters. The molecule has 20 heavy (non-hydrogen) atoms. The zero-order valence-electron chi connectivity index (χ0n) is 11.8. The standard InChI is InChI=1S/C14H17N5O/c1-9-7-10-11(8-12(9)20-3)17-14(18-13(10)16)19(2)6-4-5-15/h7-8H,4,6H2,1-3H3,(H2,16,17,18). The van der Waals surface area contributed by atoms with Crippen molar-refractivity contribution in [2.24, 2.45) is 0 Å². The van der Waals surface area contributed by atoms with Crippen LogP contribution >= 0.6 is 0 Å². The number of benzene rings is 1. The van der Waals surface area contributed by atoms with Gasteiger partial charge in [0.2, 0.25) is 5.95 Å². The van der Waals surface area contributed by atoms with Crippen LogP contribution in [0.1, 0.15) is 12.0 Å². The van der Waals surface area contributed by atoms with E-state index in [4.69, 9.17) is 15.7 Å². The van der Waals surface area contributed by atoms with Crippen molar-refractivity contribution in [3.63, 3.8) is 0 Å². The van der Waals surface area contributed by atoms with Crippen LogP contribution in [0.25, 0.3) is 10.9 Å². The number of rotatable bonds is 4. The molecular formula is C14H17N5O. The van der Waals surface area contributed by atoms with Crippen LogP contribution in [-0.2, 0) is 0 Å². The van der Waals surface area contributed by atoms with Crippen molar-refractivity contribution >= 4 is 22.7 Å². The van der Waals surface area contributed by atoms with Crippen LogP contribution in [0.5, 0.6) is 5.75 Å². The zero-order chi connectivity index (χ0) is 14.7. The molecule has 2 aromatic rings. The van der Waals surface area contributed by atoms with E-state index in [2.05, 4.69) is 16.0 Å². The van der Waals surface area contributed by atoms with E-state index >= 15 is 0 Å². The Morgan fingerprint density at radius 1 is 1.40 bits per heavy atom. The molecule has 6 nitrogen and oxygen atoms in total. The van der Waals surface area contributed by atoms with E-state index in [0.29, 0.717) is 24.7 Å². The van der Waals surface area contributed by atoms with E-state index in [9.17, 15) is 0 Å². The molecule has 0 saturated heterocycles. The van der Waals surface area contributed by atoms with Gasteiger partial charge >= 0.3 is 0 Å². The Balaban J connectivity index is 2.50. The van der Waals surface area contributed by atoms with Gasteiger partial charge in [-0.3, -0.25) is 0 Å². The Morgan fingerprint density at radius 2 is 2.15 bits per heavy atom. The molecule has 1 heterocycles. The molecule has 0 unspecified atom stereocenters. The molecule has 0 fully saturated rings. The van der Waals surface area contributed by atoms with Gasteiger partial charge in [-0.1, -0.05) is 0 Å². The first-order valence-electron chi connectivity index (χ1n) is 6.26. The largest absolute Gasteiger partial charge is 0.496 e. The number of nitrogens with zero attached hydrogens (tertiary/aromatic N) is 4. The number of nitrogen functional groups attached to an aromatic ring is 1. The molecule has 6 heteroatoms. The van der Waals surface area contributed by atoms with E-state index in [1.54, 1.807) is 7.11 Å². The van der Waals surface area contributed by atoms with Gasteiger partial charge in [-0.2, -0.15) is 10.2 Å². The predicted molar refractivity (Wildman–Crippen MR) is 78.7 cm³/mol. The second-order valence-electron chi connectivity index (χ2n) is 4.58. The highest BCUT2D eigenvalue weighted by Gasteiger charge is 2.11. The first-order valence-corrected chi connectivity index (χ1v) is 6.26. The molecule has 2 rings (SSSR count). The minimum Gasteiger partial charge on any atom is -0.496 e. The molecule has 0 aliphatic heterocycles. The van der Waals surface area contributed by atoms with Crippen molar-refractivity contribution in [3.8, 4) is 11.8 Å². The number of anilines is 2. The van der Waals surface area contributed by atoms with Crippen molar-refractivity contribution in [2.75, 3.05) is 31.3 Å². The minimum absolute atomic E-state index is 0.412. The van der Waals surface area contributed by atoms with Gasteiger partial charge in [0.05, 0.1) is 25.1 Å². The van der Waals surface area contributed by atoms with Crippen LogP contribution < -0.4 is 15.4 Å². The average Bonchev–Trinajstić information content (AvgIpc) is 2.44. The number of nitriles is 1. The summed E-state index contributed by atoms with van der Waals surface area (Å²) in [6, 6.07) is 5.87. The van der Waals surface area contributed by atoms with Gasteiger partial charge in [0.25, 0.3) is 0 Å². The van der Waals surface area contributed by atoms with Crippen LogP contribution in [0.3, 0.4) is 0 Å². The quantitative estimate of drug-likeness (QED) is 0.913. The maximum atomic E-state index is 8.63. The summed E-state index contributed by atoms with van der Waals surface area (Å²) >= 11 is 0. The van der Waals surface area contributed by atoms with Gasteiger partial charge in [-0.15, -0.1) is 0 Å². The van der Waals surface area contributed by atoms with E-state index < -0.39 is 0 Å². The summed E-state index contributed by atoms with van der Waals surface area (Å²) in [6.45, 7) is 2.51. The van der Waals surface area contributed by atoms with Crippen molar-refractivity contribution in [2.45, 2.75) is 13.3 Å². The lowest BCUT2D eigenvalue weighted by Crippen LogP contribution is -2.21. The summed E-state index contributed by atoms with van der Waals surface area (Å²) in [5.41, 5.74) is 7.72. The fraction of sp³-hybridized carbons (Fsp3) is 0.357. The van der Waals surface area contributed by atoms with Gasteiger partial charge in [0, 0.05) is 25.0 Å². The summed E-state index contributed by atoms with van der Waals surface area (Å²) < 4.78 is 5.30. The lowest BCUT2D eigenvalue weighted by atomic mass is 10.1. The van der Waals surface area contributed by atoms with Crippen LogP contribution in [0.2, 0.25) is 0 Å². The number of methoxy groups -OCH3 is 1. The van der Waals surface area contributed by atoms with Gasteiger partial charge in [0.15, 0.2) is 0 Å². The maximum absolute atomic E-state index is 8.63. The van der Waals surface area contributed by atoms with E-state index in [1.165, 1.54) is 0 Å². The van der Waals surface area contributed by atoms with Crippen LogP contribution in [-0.4, -0.2) is 30.7 Å². The zero-order valence-corrected chi connectivity index (χ0v) is 11.8. The van der Waals surface area contributed by atoms with E-state index in [-0.39, 0.29) is 0 Å². The molecule has 1 aromatic heterocycles. The fourth-order valence-electron chi connectivity index (χ4n) is 1.98. The second kappa shape index (κ2) is 5.61. The number of fused-ring (bicyclic) bond motifs is 1. The SMILES string of the molecule is COc1cc2nc(N(C)CCC#N)nc(N)c2cc1C. The maximum Gasteiger partial charge on any atom is 0.227 e. The van der Waals surface area contributed by atoms with Gasteiger partial charge in [-0.05, 0) is 18.6 Å². The normalized spacial score (nSPS) is 10.3. The lowest BCUT2D eigenvalue weighted by Gasteiger charge is -2.17. The number of hydrogen-bond acceptors (Lipinski definition) is 6. The number of ether oxygens (including phenoxy) is 1. The molecule has 0 saturated carbocycles. The number of hydrogen-bond donors (Lipinski definition) is 1. The topological polar surface area (TPSA) is 88.1 Å². The van der Waals surface area contributed by atoms with Crippen molar-refractivity contribution in [1.82, 2.24) is 9.97 Å². The summed E-state index contributed by atoms with van der Waals surface area (Å²) in [5, 5.41) is 9.43. The van der Waals surface area contributed by atoms with Gasteiger partial charge in [-0.25, -0.2) is 4.98 Å². The first kappa shape index (κ1) is 13.9. The smallest absolute Gasteiger partial charge is 0.227 e. The highest BCUT2D eigenvalue weighted by Crippen LogP contribution is 2.28. The van der Waals surface area contributed by atoms with Gasteiger partial charge in [0.1, 0.15) is 11.6 Å². The Kier molecular flexibility index (Phi) is 3.89. The van der Waals surface area contributed by atoms with E-state index in [1.807, 2.05) is 31.0 Å². The van der Waals surface area contributed by atoms with Crippen LogP contribution in [0.4, 0.5) is 11.8 Å². The van der Waals surface area contributed by atoms with Gasteiger partial charge < -0.3 is 15.4 Å². The molecular weight excluding hydrogens is 254 g/mol. The monoisotopic (exact) mass is 271 g/mol. The molecule has 0 bridgehead atoms. The number of aryl methyl sites for hydroxylation is 1. The van der Waals surface area contributed by atoms with E-state index in [0.717, 1.165) is 22.2 Å². The number of nitrogens with two attached hydrogens (primary N) is 1. The van der Waals surface area contributed by atoms with Crippen molar-refractivity contribution in [1.29, 1.82) is 5.26 Å². The Labute approximate surface area is 117 Å². The van der Waals surface area contributed by atoms with Crippen LogP contribution in [0, 0.1) is 18.3 Å². The summed E-state index contributed by atoms with van der Waals surface area (Å²) in [4.78, 5) is 10.6. The fourth-order valence-corrected chi connectivity index (χ4v) is 1.98. The summed E-state index contributed by atoms with van der Waals surface area (Å²) in [5.74, 6) is 1.71. The molecule has 1 aromatic carbocycles. The highest BCUT2D eigenvalue weighted by atomic mass is 16.5. The molecule has 2 N–H and O–H groups in total. The lowest BCUT2D eigenvalue weighted by molar-refractivity contribution is 0.412. The van der Waals surface area contributed by atoms with Crippen molar-refractivity contribution < 1.29 is 4.74 Å². The first-order chi connectivity index (χ1) is 9.56. The molecule has 0 aliphatic rings. The second-order valence-corrected chi connectivity index (χ2v) is 4.58. The molecule has 0 spiro atoms. The molecule has 0 amide bonds. The summed E-state index contributed by atoms with van der Waals surface area (Å²) in [6.07, 6.45) is 0.412. The predicted octanol–water partition coefficient (Wildman–Crippen LogP) is 1.88. The third-order valence-electron chi connectivity index (χ3n) is 3.13. The molecule has 0 aliphatic carbocycles. The third kappa shape index (κ3) is 2.57. The Hall–Kier alpha value is -2.55. The highest BCUT2D eigenvalue weighted by molar-refractivity contribution is 5.90. The Bertz CT molecular complexity index is 677. The van der Waals surface area contributed by atoms with Crippen molar-refractivity contribution in [3.05, 3.63) is 17.7 Å². The van der Waals surface area contributed by atoms with Crippen LogP contribution in [0.15, 0.2) is 12.1 Å². The molecule has 0 radical (unpaired) electrons. The molecule has 104 valence electrons. The minimum atomic E-state index is 0.412. The Morgan fingerprint density at radius 3 is 2.80 bits per heavy atom. The summed E-state index contributed by atoms with van der Waals surface area (Å²) in [7, 11) is 3.46. The average molecular weight is 271 g/mol. The number of aromatic nitrogens is 2. The third-order valence-corrected chi connectivity index (χ3v) is 3.13.